The lowest BCUT2D eigenvalue weighted by Gasteiger charge is -2.11. The number of anilines is 1. The van der Waals surface area contributed by atoms with Crippen LogP contribution in [0.4, 0.5) is 5.69 Å². The lowest BCUT2D eigenvalue weighted by atomic mass is 10.1. The first-order chi connectivity index (χ1) is 13.7. The fourth-order valence-electron chi connectivity index (χ4n) is 2.31. The number of esters is 1. The van der Waals surface area contributed by atoms with E-state index in [1.807, 2.05) is 6.07 Å². The van der Waals surface area contributed by atoms with Gasteiger partial charge in [-0.3, -0.25) is 9.48 Å². The summed E-state index contributed by atoms with van der Waals surface area (Å²) in [5.41, 5.74) is 12.6. The van der Waals surface area contributed by atoms with Crippen molar-refractivity contribution in [3.63, 3.8) is 0 Å². The Hall–Kier alpha value is -3.29. The number of amides is 1. The van der Waals surface area contributed by atoms with Gasteiger partial charge in [0.25, 0.3) is 5.91 Å². The Morgan fingerprint density at radius 2 is 2.07 bits per heavy atom. The van der Waals surface area contributed by atoms with Crippen LogP contribution in [-0.4, -0.2) is 28.8 Å². The number of methoxy groups -OCH3 is 1. The molecule has 1 aromatic heterocycles. The van der Waals surface area contributed by atoms with E-state index in [-0.39, 0.29) is 27.5 Å². The molecule has 0 atom stereocenters. The largest absolute Gasteiger partial charge is 0.465 e. The average molecular weight is 480 g/mol. The second kappa shape index (κ2) is 9.27. The Labute approximate surface area is 179 Å². The van der Waals surface area contributed by atoms with Gasteiger partial charge in [0.15, 0.2) is 0 Å². The van der Waals surface area contributed by atoms with Gasteiger partial charge in [-0.2, -0.15) is 10.4 Å². The predicted octanol–water partition coefficient (Wildman–Crippen LogP) is 2.28. The molecular weight excluding hydrogens is 464 g/mol. The quantitative estimate of drug-likeness (QED) is 0.338. The molecule has 0 aliphatic rings. The van der Waals surface area contributed by atoms with Crippen molar-refractivity contribution >= 4 is 50.8 Å². The Morgan fingerprint density at radius 1 is 1.38 bits per heavy atom. The van der Waals surface area contributed by atoms with Gasteiger partial charge in [0.1, 0.15) is 6.07 Å². The number of hydrogen-bond acceptors (Lipinski definition) is 7. The second-order valence-electron chi connectivity index (χ2n) is 5.64. The van der Waals surface area contributed by atoms with Gasteiger partial charge in [-0.05, 0) is 40.2 Å². The van der Waals surface area contributed by atoms with Crippen LogP contribution in [0.3, 0.4) is 0 Å². The summed E-state index contributed by atoms with van der Waals surface area (Å²) >= 11 is 9.32. The number of nitrogens with one attached hydrogen (secondary N) is 1. The maximum Gasteiger partial charge on any atom is 0.340 e. The Bertz CT molecular complexity index is 1060. The van der Waals surface area contributed by atoms with Gasteiger partial charge in [0, 0.05) is 7.05 Å². The van der Waals surface area contributed by atoms with Crippen molar-refractivity contribution in [3.05, 3.63) is 62.5 Å². The fourth-order valence-corrected chi connectivity index (χ4v) is 3.09. The van der Waals surface area contributed by atoms with Crippen LogP contribution in [-0.2, 0) is 16.6 Å². The van der Waals surface area contributed by atoms with Gasteiger partial charge in [0.05, 0.1) is 56.7 Å². The number of allylic oxidation sites excluding steroid dienone is 2. The molecule has 0 spiro atoms. The molecule has 0 aliphatic carbocycles. The molecule has 1 aromatic carbocycles. The summed E-state index contributed by atoms with van der Waals surface area (Å²) in [5.74, 6) is -1.45. The Kier molecular flexibility index (Phi) is 7.03. The lowest BCUT2D eigenvalue weighted by molar-refractivity contribution is -0.112. The number of hydrogen-bond donors (Lipinski definition) is 3. The first-order valence-electron chi connectivity index (χ1n) is 7.93. The molecule has 1 amide bonds. The van der Waals surface area contributed by atoms with Crippen LogP contribution in [0.2, 0.25) is 5.02 Å². The molecule has 0 radical (unpaired) electrons. The van der Waals surface area contributed by atoms with E-state index in [9.17, 15) is 9.59 Å². The molecule has 29 heavy (non-hydrogen) atoms. The molecule has 0 saturated heterocycles. The molecule has 150 valence electrons. The van der Waals surface area contributed by atoms with Gasteiger partial charge in [-0.15, -0.1) is 0 Å². The zero-order valence-corrected chi connectivity index (χ0v) is 17.7. The van der Waals surface area contributed by atoms with Crippen molar-refractivity contribution in [2.24, 2.45) is 18.5 Å². The maximum atomic E-state index is 12.4. The third-order valence-corrected chi connectivity index (χ3v) is 4.65. The first-order valence-corrected chi connectivity index (χ1v) is 9.10. The Balaban J connectivity index is 2.31. The standard InChI is InChI=1S/C18H16BrClN6O3/c1-26-16(11(19)8-24-26)13(22)3-4-14(23)17(27)25-15-6-12(20)9(7-21)5-10(15)18(28)29-2/h3-6,8H,22-23H2,1-2H3,(H,25,27)/b13-3-,14-4-. The van der Waals surface area contributed by atoms with Gasteiger partial charge >= 0.3 is 5.97 Å². The van der Waals surface area contributed by atoms with E-state index in [4.69, 9.17) is 28.3 Å². The SMILES string of the molecule is COC(=O)c1cc(C#N)c(Cl)cc1NC(=O)/C(N)=C/C=C(\N)c1c(Br)cnn1C. The van der Waals surface area contributed by atoms with E-state index in [0.717, 1.165) is 0 Å². The van der Waals surface area contributed by atoms with Crippen molar-refractivity contribution in [1.29, 1.82) is 5.26 Å². The van der Waals surface area contributed by atoms with Crippen molar-refractivity contribution < 1.29 is 14.3 Å². The van der Waals surface area contributed by atoms with Crippen LogP contribution in [0.25, 0.3) is 5.70 Å². The minimum absolute atomic E-state index is 0.0385. The molecule has 2 rings (SSSR count). The third kappa shape index (κ3) is 4.96. The number of carbonyl (C=O) groups is 2. The normalized spacial score (nSPS) is 11.7. The van der Waals surface area contributed by atoms with Gasteiger partial charge in [-0.1, -0.05) is 11.6 Å². The summed E-state index contributed by atoms with van der Waals surface area (Å²) in [6.07, 6.45) is 4.34. The van der Waals surface area contributed by atoms with Crippen molar-refractivity contribution in [3.8, 4) is 6.07 Å². The van der Waals surface area contributed by atoms with E-state index in [1.165, 1.54) is 31.4 Å². The smallest absolute Gasteiger partial charge is 0.340 e. The lowest BCUT2D eigenvalue weighted by Crippen LogP contribution is -2.21. The molecule has 5 N–H and O–H groups in total. The highest BCUT2D eigenvalue weighted by atomic mass is 79.9. The molecule has 9 nitrogen and oxygen atoms in total. The van der Waals surface area contributed by atoms with E-state index in [2.05, 4.69) is 31.1 Å². The fraction of sp³-hybridized carbons (Fsp3) is 0.111. The highest BCUT2D eigenvalue weighted by molar-refractivity contribution is 9.10. The number of carbonyl (C=O) groups excluding carboxylic acids is 2. The number of nitriles is 1. The minimum Gasteiger partial charge on any atom is -0.465 e. The van der Waals surface area contributed by atoms with Crippen molar-refractivity contribution in [2.75, 3.05) is 12.4 Å². The van der Waals surface area contributed by atoms with Crippen LogP contribution < -0.4 is 16.8 Å². The van der Waals surface area contributed by atoms with Crippen LogP contribution in [0, 0.1) is 11.3 Å². The van der Waals surface area contributed by atoms with E-state index < -0.39 is 11.9 Å². The van der Waals surface area contributed by atoms with Crippen LogP contribution in [0.1, 0.15) is 21.6 Å². The molecule has 0 saturated carbocycles. The molecule has 2 aromatic rings. The topological polar surface area (TPSA) is 149 Å². The van der Waals surface area contributed by atoms with Crippen molar-refractivity contribution in [1.82, 2.24) is 9.78 Å². The number of aromatic nitrogens is 2. The summed E-state index contributed by atoms with van der Waals surface area (Å²) in [5, 5.41) is 15.7. The summed E-state index contributed by atoms with van der Waals surface area (Å²) in [6, 6.07) is 4.35. The summed E-state index contributed by atoms with van der Waals surface area (Å²) < 4.78 is 6.91. The summed E-state index contributed by atoms with van der Waals surface area (Å²) in [4.78, 5) is 24.4. The number of halogens is 2. The molecule has 0 unspecified atom stereocenters. The zero-order chi connectivity index (χ0) is 21.7. The molecule has 0 fully saturated rings. The molecule has 0 bridgehead atoms. The van der Waals surface area contributed by atoms with Gasteiger partial charge < -0.3 is 21.5 Å². The highest BCUT2D eigenvalue weighted by Gasteiger charge is 2.18. The van der Waals surface area contributed by atoms with E-state index >= 15 is 0 Å². The maximum absolute atomic E-state index is 12.4. The number of benzene rings is 1. The summed E-state index contributed by atoms with van der Waals surface area (Å²) in [7, 11) is 2.89. The number of aryl methyl sites for hydroxylation is 1. The number of nitrogens with zero attached hydrogens (tertiary/aromatic N) is 3. The van der Waals surface area contributed by atoms with Crippen LogP contribution >= 0.6 is 27.5 Å². The van der Waals surface area contributed by atoms with Gasteiger partial charge in [-0.25, -0.2) is 4.79 Å². The zero-order valence-electron chi connectivity index (χ0n) is 15.4. The molecule has 11 heteroatoms. The molecular formula is C18H16BrClN6O3. The first kappa shape index (κ1) is 22.0. The van der Waals surface area contributed by atoms with Crippen molar-refractivity contribution in [2.45, 2.75) is 0 Å². The Morgan fingerprint density at radius 3 is 2.62 bits per heavy atom. The number of ether oxygens (including phenoxy) is 1. The summed E-state index contributed by atoms with van der Waals surface area (Å²) in [6.45, 7) is 0. The third-order valence-electron chi connectivity index (χ3n) is 3.75. The minimum atomic E-state index is -0.749. The van der Waals surface area contributed by atoms with E-state index in [0.29, 0.717) is 15.9 Å². The van der Waals surface area contributed by atoms with Crippen LogP contribution in [0.15, 0.2) is 40.7 Å². The second-order valence-corrected chi connectivity index (χ2v) is 6.91. The molecule has 0 aliphatic heterocycles. The number of nitrogens with two attached hydrogens (primary N) is 2. The average Bonchev–Trinajstić information content (AvgIpc) is 3.03. The monoisotopic (exact) mass is 478 g/mol. The van der Waals surface area contributed by atoms with Gasteiger partial charge in [0.2, 0.25) is 0 Å². The van der Waals surface area contributed by atoms with E-state index in [1.54, 1.807) is 17.9 Å². The molecule has 1 heterocycles. The van der Waals surface area contributed by atoms with Crippen LogP contribution in [0.5, 0.6) is 0 Å². The number of rotatable bonds is 5. The predicted molar refractivity (Wildman–Crippen MR) is 111 cm³/mol. The highest BCUT2D eigenvalue weighted by Crippen LogP contribution is 2.26.